The van der Waals surface area contributed by atoms with Crippen LogP contribution in [0.5, 0.6) is 0 Å². The van der Waals surface area contributed by atoms with Gasteiger partial charge in [-0.05, 0) is 70.6 Å². The highest BCUT2D eigenvalue weighted by Gasteiger charge is 2.44. The summed E-state index contributed by atoms with van der Waals surface area (Å²) >= 11 is 0. The number of aliphatic hydroxyl groups excluding tert-OH is 4. The summed E-state index contributed by atoms with van der Waals surface area (Å²) in [7, 11) is 0. The van der Waals surface area contributed by atoms with E-state index in [1.165, 1.54) is 122 Å². The smallest absolute Gasteiger partial charge is 0.306 e. The predicted octanol–water partition coefficient (Wildman–Crippen LogP) is 11.4. The highest BCUT2D eigenvalue weighted by atomic mass is 16.7. The molecule has 0 aromatic rings. The lowest BCUT2D eigenvalue weighted by Gasteiger charge is -2.39. The quantitative estimate of drug-likeness (QED) is 0.0265. The summed E-state index contributed by atoms with van der Waals surface area (Å²) in [6.07, 6.45) is 41.4. The van der Waals surface area contributed by atoms with Crippen molar-refractivity contribution in [1.29, 1.82) is 0 Å². The Hall–Kier alpha value is -2.08. The van der Waals surface area contributed by atoms with E-state index in [-0.39, 0.29) is 32.0 Å². The number of aliphatic hydroxyl groups is 4. The second-order valence-corrected chi connectivity index (χ2v) is 17.3. The average Bonchev–Trinajstić information content (AvgIpc) is 3.26. The zero-order valence-corrected chi connectivity index (χ0v) is 38.9. The third-order valence-electron chi connectivity index (χ3n) is 11.5. The van der Waals surface area contributed by atoms with E-state index in [1.54, 1.807) is 0 Å². The first kappa shape index (κ1) is 56.9. The van der Waals surface area contributed by atoms with Gasteiger partial charge in [-0.3, -0.25) is 9.59 Å². The summed E-state index contributed by atoms with van der Waals surface area (Å²) in [5.74, 6) is -0.811. The van der Waals surface area contributed by atoms with Crippen molar-refractivity contribution in [2.75, 3.05) is 19.8 Å². The number of esters is 2. The summed E-state index contributed by atoms with van der Waals surface area (Å²) in [4.78, 5) is 25.4. The Morgan fingerprint density at radius 1 is 0.508 bits per heavy atom. The van der Waals surface area contributed by atoms with Crippen molar-refractivity contribution in [3.8, 4) is 0 Å². The van der Waals surface area contributed by atoms with Gasteiger partial charge in [-0.2, -0.15) is 0 Å². The largest absolute Gasteiger partial charge is 0.462 e. The van der Waals surface area contributed by atoms with Crippen molar-refractivity contribution < 1.29 is 49.0 Å². The van der Waals surface area contributed by atoms with Crippen LogP contribution in [0, 0.1) is 0 Å². The van der Waals surface area contributed by atoms with Gasteiger partial charge in [0, 0.05) is 12.8 Å². The molecule has 1 fully saturated rings. The van der Waals surface area contributed by atoms with Crippen LogP contribution in [0.3, 0.4) is 0 Å². The number of carbonyl (C=O) groups excluding carboxylic acids is 2. The molecule has 0 amide bonds. The molecule has 6 atom stereocenters. The van der Waals surface area contributed by atoms with Crippen LogP contribution in [0.1, 0.15) is 219 Å². The molecular weight excluding hydrogens is 773 g/mol. The Bertz CT molecular complexity index is 1090. The lowest BCUT2D eigenvalue weighted by Crippen LogP contribution is -2.59. The Kier molecular flexibility index (Phi) is 39.1. The van der Waals surface area contributed by atoms with Crippen LogP contribution in [0.15, 0.2) is 36.5 Å². The van der Waals surface area contributed by atoms with Crippen molar-refractivity contribution in [2.24, 2.45) is 0 Å². The summed E-state index contributed by atoms with van der Waals surface area (Å²) in [6, 6.07) is 0. The van der Waals surface area contributed by atoms with Gasteiger partial charge in [-0.15, -0.1) is 0 Å². The number of unbranched alkanes of at least 4 members (excludes halogenated alkanes) is 25. The number of hydrogen-bond donors (Lipinski definition) is 4. The van der Waals surface area contributed by atoms with Gasteiger partial charge in [-0.1, -0.05) is 172 Å². The molecule has 0 aromatic carbocycles. The highest BCUT2D eigenvalue weighted by Crippen LogP contribution is 2.23. The van der Waals surface area contributed by atoms with Crippen molar-refractivity contribution >= 4 is 11.9 Å². The van der Waals surface area contributed by atoms with Crippen molar-refractivity contribution in [3.63, 3.8) is 0 Å². The fourth-order valence-corrected chi connectivity index (χ4v) is 7.51. The molecule has 0 saturated carbocycles. The van der Waals surface area contributed by atoms with Gasteiger partial charge in [0.05, 0.1) is 13.2 Å². The van der Waals surface area contributed by atoms with Crippen molar-refractivity contribution in [1.82, 2.24) is 0 Å². The van der Waals surface area contributed by atoms with E-state index < -0.39 is 49.4 Å². The van der Waals surface area contributed by atoms with Crippen LogP contribution in [0.2, 0.25) is 0 Å². The molecule has 1 saturated heterocycles. The molecule has 4 N–H and O–H groups in total. The molecule has 0 spiro atoms. The van der Waals surface area contributed by atoms with E-state index in [2.05, 4.69) is 50.3 Å². The maximum Gasteiger partial charge on any atom is 0.306 e. The van der Waals surface area contributed by atoms with Crippen LogP contribution < -0.4 is 0 Å². The maximum atomic E-state index is 12.8. The SMILES string of the molecule is CCCCC/C=C\C/C=C\CCCCCCCCCCCC(=O)OC(COC(=O)CCCCCCCCC/C=C\CCCCCCCC)COC1OC(CO)C(O)C(O)C1O. The van der Waals surface area contributed by atoms with E-state index in [1.807, 2.05) is 0 Å². The van der Waals surface area contributed by atoms with Gasteiger partial charge in [-0.25, -0.2) is 0 Å². The fourth-order valence-electron chi connectivity index (χ4n) is 7.51. The van der Waals surface area contributed by atoms with E-state index in [4.69, 9.17) is 18.9 Å². The lowest BCUT2D eigenvalue weighted by atomic mass is 9.99. The Balaban J connectivity index is 2.28. The summed E-state index contributed by atoms with van der Waals surface area (Å²) in [5.41, 5.74) is 0. The van der Waals surface area contributed by atoms with Crippen molar-refractivity contribution in [3.05, 3.63) is 36.5 Å². The summed E-state index contributed by atoms with van der Waals surface area (Å²) in [5, 5.41) is 40.2. The second-order valence-electron chi connectivity index (χ2n) is 17.3. The third-order valence-corrected chi connectivity index (χ3v) is 11.5. The van der Waals surface area contributed by atoms with Crippen molar-refractivity contribution in [2.45, 2.75) is 256 Å². The van der Waals surface area contributed by atoms with Gasteiger partial charge in [0.2, 0.25) is 0 Å². The zero-order chi connectivity index (χ0) is 44.4. The molecule has 1 aliphatic heterocycles. The van der Waals surface area contributed by atoms with Crippen LogP contribution in [0.25, 0.3) is 0 Å². The molecule has 356 valence electrons. The first-order valence-electron chi connectivity index (χ1n) is 25.1. The van der Waals surface area contributed by atoms with Gasteiger partial charge < -0.3 is 39.4 Å². The zero-order valence-electron chi connectivity index (χ0n) is 38.9. The minimum Gasteiger partial charge on any atom is -0.462 e. The van der Waals surface area contributed by atoms with E-state index in [0.717, 1.165) is 64.2 Å². The van der Waals surface area contributed by atoms with E-state index in [9.17, 15) is 30.0 Å². The Morgan fingerprint density at radius 3 is 1.41 bits per heavy atom. The fraction of sp³-hybridized carbons (Fsp3) is 0.843. The van der Waals surface area contributed by atoms with Crippen LogP contribution in [0.4, 0.5) is 0 Å². The average molecular weight is 865 g/mol. The van der Waals surface area contributed by atoms with Crippen LogP contribution >= 0.6 is 0 Å². The highest BCUT2D eigenvalue weighted by molar-refractivity contribution is 5.70. The van der Waals surface area contributed by atoms with Crippen LogP contribution in [-0.2, 0) is 28.5 Å². The number of hydrogen-bond acceptors (Lipinski definition) is 10. The number of allylic oxidation sites excluding steroid dienone is 6. The molecular formula is C51H92O10. The minimum atomic E-state index is -1.60. The molecule has 0 aromatic heterocycles. The van der Waals surface area contributed by atoms with Gasteiger partial charge in [0.1, 0.15) is 31.0 Å². The standard InChI is InChI=1S/C51H92O10/c1-3-5-7-9-11-13-15-17-19-21-22-24-26-28-30-32-34-36-38-40-47(54)60-44(43-59-51-50(57)49(56)48(55)45(41-52)61-51)42-58-46(53)39-37-35-33-31-29-27-25-23-20-18-16-14-12-10-8-6-4-2/h11,13,17-20,44-45,48-52,55-57H,3-10,12,14-16,21-43H2,1-2H3/b13-11-,19-17-,20-18-. The third kappa shape index (κ3) is 33.1. The number of carbonyl (C=O) groups is 2. The van der Waals surface area contributed by atoms with Crippen LogP contribution in [-0.4, -0.2) is 89.0 Å². The molecule has 61 heavy (non-hydrogen) atoms. The summed E-state index contributed by atoms with van der Waals surface area (Å²) in [6.45, 7) is 3.41. The number of rotatable bonds is 42. The Morgan fingerprint density at radius 2 is 0.918 bits per heavy atom. The maximum absolute atomic E-state index is 12.8. The molecule has 0 bridgehead atoms. The van der Waals surface area contributed by atoms with Gasteiger partial charge in [0.15, 0.2) is 12.4 Å². The number of ether oxygens (including phenoxy) is 4. The first-order valence-corrected chi connectivity index (χ1v) is 25.1. The van der Waals surface area contributed by atoms with Gasteiger partial charge in [0.25, 0.3) is 0 Å². The molecule has 10 nitrogen and oxygen atoms in total. The predicted molar refractivity (Wildman–Crippen MR) is 247 cm³/mol. The monoisotopic (exact) mass is 865 g/mol. The molecule has 0 radical (unpaired) electrons. The topological polar surface area (TPSA) is 152 Å². The normalized spacial score (nSPS) is 20.0. The molecule has 1 rings (SSSR count). The summed E-state index contributed by atoms with van der Waals surface area (Å²) < 4.78 is 22.2. The van der Waals surface area contributed by atoms with E-state index >= 15 is 0 Å². The van der Waals surface area contributed by atoms with Gasteiger partial charge >= 0.3 is 11.9 Å². The minimum absolute atomic E-state index is 0.220. The van der Waals surface area contributed by atoms with E-state index in [0.29, 0.717) is 6.42 Å². The lowest BCUT2D eigenvalue weighted by molar-refractivity contribution is -0.305. The Labute approximate surface area is 372 Å². The molecule has 0 aliphatic carbocycles. The molecule has 6 unspecified atom stereocenters. The molecule has 1 aliphatic rings. The molecule has 1 heterocycles. The first-order chi connectivity index (χ1) is 29.8. The second kappa shape index (κ2) is 41.9. The molecule has 10 heteroatoms.